The van der Waals surface area contributed by atoms with Gasteiger partial charge in [0, 0.05) is 12.0 Å². The average molecular weight is 254 g/mol. The summed E-state index contributed by atoms with van der Waals surface area (Å²) in [6.07, 6.45) is 9.45. The predicted octanol–water partition coefficient (Wildman–Crippen LogP) is 2.95. The number of rotatable bonds is 3. The number of likely N-dealkylation sites (tertiary alicyclic amines) is 1. The van der Waals surface area contributed by atoms with Gasteiger partial charge in [0.25, 0.3) is 0 Å². The molecule has 2 rings (SSSR count). The van der Waals surface area contributed by atoms with Gasteiger partial charge in [-0.25, -0.2) is 0 Å². The highest BCUT2D eigenvalue weighted by Crippen LogP contribution is 2.31. The molecular formula is C14H26N2S. The number of hydrogen-bond acceptors (Lipinski definition) is 2. The van der Waals surface area contributed by atoms with Gasteiger partial charge in [0.05, 0.1) is 4.99 Å². The fourth-order valence-electron chi connectivity index (χ4n) is 3.47. The molecule has 0 aromatic rings. The van der Waals surface area contributed by atoms with E-state index in [2.05, 4.69) is 11.8 Å². The molecule has 0 bridgehead atoms. The highest BCUT2D eigenvalue weighted by Gasteiger charge is 2.28. The van der Waals surface area contributed by atoms with Crippen molar-refractivity contribution in [3.8, 4) is 0 Å². The van der Waals surface area contributed by atoms with Gasteiger partial charge in [0.2, 0.25) is 0 Å². The zero-order valence-electron chi connectivity index (χ0n) is 11.0. The van der Waals surface area contributed by atoms with E-state index < -0.39 is 0 Å². The van der Waals surface area contributed by atoms with Crippen molar-refractivity contribution < 1.29 is 0 Å². The minimum absolute atomic E-state index is 0.508. The van der Waals surface area contributed by atoms with Crippen LogP contribution in [0.4, 0.5) is 0 Å². The third-order valence-electron chi connectivity index (χ3n) is 4.84. The molecule has 0 atom stereocenters. The minimum atomic E-state index is 0.508. The van der Waals surface area contributed by atoms with Crippen LogP contribution < -0.4 is 5.73 Å². The molecule has 1 heterocycles. The monoisotopic (exact) mass is 254 g/mol. The number of piperidine rings is 1. The number of nitrogens with zero attached hydrogens (tertiary/aromatic N) is 1. The fraction of sp³-hybridized carbons (Fsp3) is 0.929. The van der Waals surface area contributed by atoms with Gasteiger partial charge in [0.1, 0.15) is 0 Å². The number of nitrogens with two attached hydrogens (primary N) is 1. The van der Waals surface area contributed by atoms with Crippen LogP contribution in [0, 0.1) is 11.8 Å². The summed E-state index contributed by atoms with van der Waals surface area (Å²) in [6.45, 7) is 4.76. The van der Waals surface area contributed by atoms with E-state index in [9.17, 15) is 0 Å². The minimum Gasteiger partial charge on any atom is -0.393 e. The SMILES string of the molecule is CCC1CCC(N2CCC(C(N)=S)CC2)CC1. The molecule has 2 fully saturated rings. The van der Waals surface area contributed by atoms with Gasteiger partial charge in [-0.15, -0.1) is 0 Å². The lowest BCUT2D eigenvalue weighted by Gasteiger charge is -2.40. The summed E-state index contributed by atoms with van der Waals surface area (Å²) >= 11 is 5.10. The first-order valence-corrected chi connectivity index (χ1v) is 7.65. The number of hydrogen-bond donors (Lipinski definition) is 1. The van der Waals surface area contributed by atoms with Crippen LogP contribution in [0.3, 0.4) is 0 Å². The molecule has 17 heavy (non-hydrogen) atoms. The molecule has 0 spiro atoms. The molecule has 0 aromatic heterocycles. The lowest BCUT2D eigenvalue weighted by molar-refractivity contribution is 0.105. The van der Waals surface area contributed by atoms with Gasteiger partial charge in [0.15, 0.2) is 0 Å². The van der Waals surface area contributed by atoms with Gasteiger partial charge in [-0.1, -0.05) is 25.6 Å². The fourth-order valence-corrected chi connectivity index (χ4v) is 3.70. The Bertz CT molecular complexity index is 251. The smallest absolute Gasteiger partial charge is 0.0759 e. The van der Waals surface area contributed by atoms with Crippen LogP contribution in [0.1, 0.15) is 51.9 Å². The molecule has 1 aliphatic carbocycles. The third-order valence-corrected chi connectivity index (χ3v) is 5.18. The van der Waals surface area contributed by atoms with Crippen molar-refractivity contribution in [2.24, 2.45) is 17.6 Å². The quantitative estimate of drug-likeness (QED) is 0.785. The highest BCUT2D eigenvalue weighted by atomic mass is 32.1. The Morgan fingerprint density at radius 1 is 1.12 bits per heavy atom. The Morgan fingerprint density at radius 2 is 1.71 bits per heavy atom. The van der Waals surface area contributed by atoms with Crippen LogP contribution in [0.5, 0.6) is 0 Å². The first kappa shape index (κ1) is 13.3. The molecule has 98 valence electrons. The molecule has 1 saturated carbocycles. The zero-order valence-corrected chi connectivity index (χ0v) is 11.8. The summed E-state index contributed by atoms with van der Waals surface area (Å²) in [6, 6.07) is 0.852. The second-order valence-corrected chi connectivity index (χ2v) is 6.27. The topological polar surface area (TPSA) is 29.3 Å². The Morgan fingerprint density at radius 3 is 2.18 bits per heavy atom. The second-order valence-electron chi connectivity index (χ2n) is 5.80. The lowest BCUT2D eigenvalue weighted by Crippen LogP contribution is -2.44. The molecule has 0 radical (unpaired) electrons. The first-order valence-electron chi connectivity index (χ1n) is 7.24. The van der Waals surface area contributed by atoms with Gasteiger partial charge in [-0.2, -0.15) is 0 Å². The molecule has 0 unspecified atom stereocenters. The van der Waals surface area contributed by atoms with Crippen LogP contribution in [0.2, 0.25) is 0 Å². The van der Waals surface area contributed by atoms with Crippen molar-refractivity contribution in [1.82, 2.24) is 4.90 Å². The van der Waals surface area contributed by atoms with Crippen LogP contribution in [0.25, 0.3) is 0 Å². The van der Waals surface area contributed by atoms with Crippen molar-refractivity contribution in [3.63, 3.8) is 0 Å². The van der Waals surface area contributed by atoms with Crippen molar-refractivity contribution in [3.05, 3.63) is 0 Å². The van der Waals surface area contributed by atoms with E-state index in [-0.39, 0.29) is 0 Å². The van der Waals surface area contributed by atoms with Gasteiger partial charge < -0.3 is 10.6 Å². The summed E-state index contributed by atoms with van der Waals surface area (Å²) in [7, 11) is 0. The van der Waals surface area contributed by atoms with Crippen molar-refractivity contribution in [1.29, 1.82) is 0 Å². The molecule has 2 N–H and O–H groups in total. The summed E-state index contributed by atoms with van der Waals surface area (Å²) in [5, 5.41) is 0. The third kappa shape index (κ3) is 3.41. The van der Waals surface area contributed by atoms with Gasteiger partial charge in [-0.3, -0.25) is 0 Å². The summed E-state index contributed by atoms with van der Waals surface area (Å²) in [5.41, 5.74) is 5.74. The van der Waals surface area contributed by atoms with Crippen LogP contribution in [-0.2, 0) is 0 Å². The molecule has 1 aliphatic heterocycles. The zero-order chi connectivity index (χ0) is 12.3. The Kier molecular flexibility index (Phi) is 4.80. The standard InChI is InChI=1S/C14H26N2S/c1-2-11-3-5-13(6-4-11)16-9-7-12(8-10-16)14(15)17/h11-13H,2-10H2,1H3,(H2,15,17). The van der Waals surface area contributed by atoms with Crippen molar-refractivity contribution in [2.75, 3.05) is 13.1 Å². The first-order chi connectivity index (χ1) is 8.20. The van der Waals surface area contributed by atoms with E-state index in [1.807, 2.05) is 0 Å². The Balaban J connectivity index is 1.76. The maximum atomic E-state index is 5.74. The molecular weight excluding hydrogens is 228 g/mol. The van der Waals surface area contributed by atoms with Crippen molar-refractivity contribution >= 4 is 17.2 Å². The predicted molar refractivity (Wildman–Crippen MR) is 77.1 cm³/mol. The van der Waals surface area contributed by atoms with E-state index in [1.54, 1.807) is 0 Å². The second kappa shape index (κ2) is 6.14. The molecule has 0 aromatic carbocycles. The maximum absolute atomic E-state index is 5.74. The van der Waals surface area contributed by atoms with Crippen LogP contribution >= 0.6 is 12.2 Å². The normalized spacial score (nSPS) is 32.5. The highest BCUT2D eigenvalue weighted by molar-refractivity contribution is 7.80. The largest absolute Gasteiger partial charge is 0.393 e. The van der Waals surface area contributed by atoms with E-state index in [4.69, 9.17) is 18.0 Å². The summed E-state index contributed by atoms with van der Waals surface area (Å²) < 4.78 is 0. The molecule has 3 heteroatoms. The molecule has 0 amide bonds. The van der Waals surface area contributed by atoms with Crippen LogP contribution in [0.15, 0.2) is 0 Å². The van der Waals surface area contributed by atoms with E-state index >= 15 is 0 Å². The number of thiocarbonyl (C=S) groups is 1. The van der Waals surface area contributed by atoms with E-state index in [0.29, 0.717) is 5.92 Å². The van der Waals surface area contributed by atoms with Crippen molar-refractivity contribution in [2.45, 2.75) is 57.9 Å². The summed E-state index contributed by atoms with van der Waals surface area (Å²) in [5.74, 6) is 1.51. The Labute approximate surface area is 111 Å². The van der Waals surface area contributed by atoms with Gasteiger partial charge >= 0.3 is 0 Å². The van der Waals surface area contributed by atoms with E-state index in [0.717, 1.165) is 16.9 Å². The van der Waals surface area contributed by atoms with E-state index in [1.165, 1.54) is 58.0 Å². The molecule has 2 aliphatic rings. The summed E-state index contributed by atoms with van der Waals surface area (Å²) in [4.78, 5) is 3.43. The maximum Gasteiger partial charge on any atom is 0.0759 e. The lowest BCUT2D eigenvalue weighted by atomic mass is 9.83. The van der Waals surface area contributed by atoms with Gasteiger partial charge in [-0.05, 0) is 57.5 Å². The van der Waals surface area contributed by atoms with Crippen LogP contribution in [-0.4, -0.2) is 29.0 Å². The molecule has 1 saturated heterocycles. The molecule has 2 nitrogen and oxygen atoms in total. The average Bonchev–Trinajstić information content (AvgIpc) is 2.39. The Hall–Kier alpha value is -0.150.